The standard InChI is InChI=1S/C29H40F3N5O3/c1-9-21(15-27(19(2)3)35-17-25(33)22(18-37(5)6)14-20(4)40-8)28(38)36-23-10-11-26(34-12-13-39-7)24(16-23)29(30,31)32/h9-11,14-18,34-35H,2,12-13,33H2,1,3-8H3,(H,36,38)/b20-14+,21-9?,22-18+,25-17-,27-15+. The number of carbonyl (C=O) groups is 1. The number of hydrogen-bond donors (Lipinski definition) is 4. The predicted octanol–water partition coefficient (Wildman–Crippen LogP) is 5.49. The van der Waals surface area contributed by atoms with Gasteiger partial charge in [-0.3, -0.25) is 4.79 Å². The molecule has 1 amide bonds. The van der Waals surface area contributed by atoms with E-state index in [0.717, 1.165) is 6.07 Å². The number of nitrogens with two attached hydrogens (primary N) is 1. The van der Waals surface area contributed by atoms with Crippen LogP contribution in [0.4, 0.5) is 24.5 Å². The molecule has 0 spiro atoms. The van der Waals surface area contributed by atoms with Crippen molar-refractivity contribution in [1.82, 2.24) is 10.2 Å². The summed E-state index contributed by atoms with van der Waals surface area (Å²) in [7, 11) is 6.73. The molecule has 5 N–H and O–H groups in total. The van der Waals surface area contributed by atoms with Crippen LogP contribution in [0.3, 0.4) is 0 Å². The molecule has 40 heavy (non-hydrogen) atoms. The van der Waals surface area contributed by atoms with Crippen molar-refractivity contribution in [1.29, 1.82) is 0 Å². The minimum absolute atomic E-state index is 0.00453. The predicted molar refractivity (Wildman–Crippen MR) is 155 cm³/mol. The number of nitrogens with one attached hydrogen (secondary N) is 3. The van der Waals surface area contributed by atoms with Gasteiger partial charge >= 0.3 is 6.18 Å². The molecule has 1 aromatic rings. The lowest BCUT2D eigenvalue weighted by molar-refractivity contribution is -0.137. The van der Waals surface area contributed by atoms with Crippen LogP contribution in [0.1, 0.15) is 26.3 Å². The Morgan fingerprint density at radius 3 is 2.35 bits per heavy atom. The van der Waals surface area contributed by atoms with Crippen molar-refractivity contribution < 1.29 is 27.4 Å². The lowest BCUT2D eigenvalue weighted by atomic mass is 10.1. The topological polar surface area (TPSA) is 101 Å². The van der Waals surface area contributed by atoms with Crippen LogP contribution in [0.2, 0.25) is 0 Å². The normalized spacial score (nSPS) is 13.6. The number of carbonyl (C=O) groups excluding carboxylic acids is 1. The molecule has 0 saturated carbocycles. The van der Waals surface area contributed by atoms with Crippen LogP contribution in [0.15, 0.2) is 89.3 Å². The first-order chi connectivity index (χ1) is 18.7. The number of ether oxygens (including phenoxy) is 2. The molecule has 0 aromatic heterocycles. The van der Waals surface area contributed by atoms with E-state index in [0.29, 0.717) is 28.3 Å². The van der Waals surface area contributed by atoms with Gasteiger partial charge in [0.15, 0.2) is 0 Å². The van der Waals surface area contributed by atoms with Crippen LogP contribution in [0, 0.1) is 0 Å². The average molecular weight is 564 g/mol. The molecule has 0 heterocycles. The lowest BCUT2D eigenvalue weighted by Crippen LogP contribution is -2.18. The van der Waals surface area contributed by atoms with Crippen LogP contribution in [-0.4, -0.2) is 52.3 Å². The quantitative estimate of drug-likeness (QED) is 0.103. The second kappa shape index (κ2) is 16.1. The van der Waals surface area contributed by atoms with Crippen molar-refractivity contribution in [3.8, 4) is 0 Å². The number of alkyl halides is 3. The average Bonchev–Trinajstić information content (AvgIpc) is 2.87. The van der Waals surface area contributed by atoms with Crippen LogP contribution in [-0.2, 0) is 20.4 Å². The summed E-state index contributed by atoms with van der Waals surface area (Å²) < 4.78 is 51.1. The first kappa shape index (κ1) is 33.9. The van der Waals surface area contributed by atoms with Gasteiger partial charge in [0.25, 0.3) is 5.91 Å². The van der Waals surface area contributed by atoms with Crippen molar-refractivity contribution in [2.75, 3.05) is 52.1 Å². The number of allylic oxidation sites excluding steroid dienone is 4. The highest BCUT2D eigenvalue weighted by Gasteiger charge is 2.34. The molecule has 0 unspecified atom stereocenters. The van der Waals surface area contributed by atoms with Crippen molar-refractivity contribution in [3.63, 3.8) is 0 Å². The van der Waals surface area contributed by atoms with Gasteiger partial charge in [-0.15, -0.1) is 0 Å². The Morgan fingerprint density at radius 2 is 1.82 bits per heavy atom. The number of amides is 1. The minimum atomic E-state index is -4.63. The zero-order valence-corrected chi connectivity index (χ0v) is 24.1. The summed E-state index contributed by atoms with van der Waals surface area (Å²) in [6.45, 7) is 9.56. The molecule has 8 nitrogen and oxygen atoms in total. The molecule has 11 heteroatoms. The maximum atomic E-state index is 13.7. The fourth-order valence-electron chi connectivity index (χ4n) is 3.22. The first-order valence-corrected chi connectivity index (χ1v) is 12.4. The molecule has 0 aliphatic heterocycles. The van der Waals surface area contributed by atoms with E-state index in [2.05, 4.69) is 22.5 Å². The number of anilines is 2. The number of methoxy groups -OCH3 is 2. The smallest absolute Gasteiger partial charge is 0.418 e. The Bertz CT molecular complexity index is 1200. The Balaban J connectivity index is 3.25. The highest BCUT2D eigenvalue weighted by molar-refractivity contribution is 6.06. The molecule has 220 valence electrons. The van der Waals surface area contributed by atoms with E-state index in [9.17, 15) is 18.0 Å². The van der Waals surface area contributed by atoms with Gasteiger partial charge in [0.1, 0.15) is 0 Å². The number of benzene rings is 1. The summed E-state index contributed by atoms with van der Waals surface area (Å²) in [6, 6.07) is 3.56. The van der Waals surface area contributed by atoms with Crippen LogP contribution in [0.25, 0.3) is 0 Å². The van der Waals surface area contributed by atoms with Crippen LogP contribution in [0.5, 0.6) is 0 Å². The van der Waals surface area contributed by atoms with Gasteiger partial charge in [0.05, 0.1) is 30.7 Å². The summed E-state index contributed by atoms with van der Waals surface area (Å²) in [5.74, 6) is 0.0560. The van der Waals surface area contributed by atoms with Crippen molar-refractivity contribution >= 4 is 17.3 Å². The second-order valence-corrected chi connectivity index (χ2v) is 8.97. The maximum Gasteiger partial charge on any atom is 0.418 e. The molecule has 1 rings (SSSR count). The molecular weight excluding hydrogens is 523 g/mol. The van der Waals surface area contributed by atoms with Gasteiger partial charge < -0.3 is 36.1 Å². The third-order valence-electron chi connectivity index (χ3n) is 5.33. The number of halogens is 3. The van der Waals surface area contributed by atoms with Crippen molar-refractivity contribution in [3.05, 3.63) is 94.8 Å². The Hall–Kier alpha value is -4.12. The zero-order valence-electron chi connectivity index (χ0n) is 24.1. The summed E-state index contributed by atoms with van der Waals surface area (Å²) in [6.07, 6.45) is 3.61. The molecule has 0 saturated heterocycles. The Morgan fingerprint density at radius 1 is 1.15 bits per heavy atom. The van der Waals surface area contributed by atoms with Gasteiger partial charge in [-0.05, 0) is 56.7 Å². The highest BCUT2D eigenvalue weighted by atomic mass is 19.4. The molecule has 0 radical (unpaired) electrons. The fourth-order valence-corrected chi connectivity index (χ4v) is 3.22. The van der Waals surface area contributed by atoms with Crippen molar-refractivity contribution in [2.45, 2.75) is 26.9 Å². The van der Waals surface area contributed by atoms with E-state index in [4.69, 9.17) is 15.2 Å². The summed E-state index contributed by atoms with van der Waals surface area (Å²) in [5, 5.41) is 8.30. The van der Waals surface area contributed by atoms with Gasteiger partial charge in [-0.25, -0.2) is 0 Å². The number of nitrogens with zero attached hydrogens (tertiary/aromatic N) is 1. The molecule has 0 fully saturated rings. The van der Waals surface area contributed by atoms with Crippen LogP contribution >= 0.6 is 0 Å². The van der Waals surface area contributed by atoms with E-state index in [1.165, 1.54) is 19.2 Å². The summed E-state index contributed by atoms with van der Waals surface area (Å²) >= 11 is 0. The third kappa shape index (κ3) is 11.3. The molecule has 0 aliphatic rings. The molecule has 0 bridgehead atoms. The van der Waals surface area contributed by atoms with Gasteiger partial charge in [0, 0.05) is 68.4 Å². The maximum absolute atomic E-state index is 13.7. The fraction of sp³-hybridized carbons (Fsp3) is 0.345. The van der Waals surface area contributed by atoms with E-state index in [1.807, 2.05) is 25.2 Å². The SMILES string of the molecule is C=C(C)/C(=C\C(=CC)C(=O)Nc1ccc(NCCOC)c(C(F)(F)F)c1)N/C=C(N)/C(/C=C(\C)OC)=C/N(C)C. The highest BCUT2D eigenvalue weighted by Crippen LogP contribution is 2.36. The van der Waals surface area contributed by atoms with E-state index in [1.54, 1.807) is 52.3 Å². The van der Waals surface area contributed by atoms with Gasteiger partial charge in [-0.1, -0.05) is 12.7 Å². The molecule has 0 aliphatic carbocycles. The zero-order chi connectivity index (χ0) is 30.5. The summed E-state index contributed by atoms with van der Waals surface area (Å²) in [5.41, 5.74) is 7.64. The van der Waals surface area contributed by atoms with E-state index < -0.39 is 17.6 Å². The van der Waals surface area contributed by atoms with E-state index in [-0.39, 0.29) is 30.1 Å². The lowest BCUT2D eigenvalue weighted by Gasteiger charge is -2.17. The minimum Gasteiger partial charge on any atom is -0.501 e. The number of rotatable bonds is 14. The molecule has 0 atom stereocenters. The van der Waals surface area contributed by atoms with Crippen LogP contribution < -0.4 is 21.7 Å². The van der Waals surface area contributed by atoms with Gasteiger partial charge in [-0.2, -0.15) is 13.2 Å². The Labute approximate surface area is 234 Å². The van der Waals surface area contributed by atoms with E-state index >= 15 is 0 Å². The summed E-state index contributed by atoms with van der Waals surface area (Å²) in [4.78, 5) is 14.8. The Kier molecular flexibility index (Phi) is 13.6. The van der Waals surface area contributed by atoms with Crippen molar-refractivity contribution in [2.24, 2.45) is 5.73 Å². The first-order valence-electron chi connectivity index (χ1n) is 12.4. The molecule has 1 aromatic carbocycles. The largest absolute Gasteiger partial charge is 0.501 e. The third-order valence-corrected chi connectivity index (χ3v) is 5.33. The molecular formula is C29H40F3N5O3. The number of hydrogen-bond acceptors (Lipinski definition) is 7. The monoisotopic (exact) mass is 563 g/mol. The second-order valence-electron chi connectivity index (χ2n) is 8.97. The van der Waals surface area contributed by atoms with Gasteiger partial charge in [0.2, 0.25) is 0 Å².